The molecule has 0 fully saturated rings. The van der Waals surface area contributed by atoms with Crippen LogP contribution in [0.15, 0.2) is 46.8 Å². The zero-order valence-electron chi connectivity index (χ0n) is 13.3. The van der Waals surface area contributed by atoms with Crippen molar-refractivity contribution < 1.29 is 9.90 Å². The molecule has 1 aromatic heterocycles. The number of phenols is 1. The van der Waals surface area contributed by atoms with Crippen molar-refractivity contribution in [2.24, 2.45) is 0 Å². The fourth-order valence-electron chi connectivity index (χ4n) is 2.27. The van der Waals surface area contributed by atoms with Crippen LogP contribution in [0.5, 0.6) is 5.75 Å². The maximum atomic E-state index is 12.0. The predicted octanol–water partition coefficient (Wildman–Crippen LogP) is 4.82. The van der Waals surface area contributed by atoms with Gasteiger partial charge in [0, 0.05) is 12.2 Å². The summed E-state index contributed by atoms with van der Waals surface area (Å²) < 4.78 is 2.22. The van der Waals surface area contributed by atoms with Crippen LogP contribution in [0, 0.1) is 6.92 Å². The number of aromatic nitrogens is 1. The fraction of sp³-hybridized carbons (Fsp3) is 0.222. The molecule has 0 aliphatic rings. The average Bonchev–Trinajstić information content (AvgIpc) is 2.97. The van der Waals surface area contributed by atoms with Gasteiger partial charge in [0.2, 0.25) is 5.91 Å². The molecular formula is C18H18N2O2S2. The number of aromatic hydroxyl groups is 1. The van der Waals surface area contributed by atoms with Gasteiger partial charge in [-0.15, -0.1) is 11.3 Å². The second-order valence-corrected chi connectivity index (χ2v) is 7.84. The highest BCUT2D eigenvalue weighted by atomic mass is 32.2. The van der Waals surface area contributed by atoms with E-state index in [2.05, 4.69) is 16.4 Å². The second-order valence-electron chi connectivity index (χ2n) is 5.47. The number of anilines is 1. The summed E-state index contributed by atoms with van der Waals surface area (Å²) in [5.74, 6) is 0.860. The van der Waals surface area contributed by atoms with Gasteiger partial charge in [-0.1, -0.05) is 30.0 Å². The van der Waals surface area contributed by atoms with Crippen LogP contribution in [0.3, 0.4) is 0 Å². The Balaban J connectivity index is 1.45. The average molecular weight is 358 g/mol. The van der Waals surface area contributed by atoms with Crippen LogP contribution in [-0.2, 0) is 4.79 Å². The Bertz CT molecular complexity index is 828. The number of hydrogen-bond acceptors (Lipinski definition) is 5. The van der Waals surface area contributed by atoms with E-state index >= 15 is 0 Å². The first-order valence-corrected chi connectivity index (χ1v) is 9.50. The SMILES string of the molecule is Cc1ccc(NC(=O)CCCSc2nc3ccccc3s2)c(O)c1. The summed E-state index contributed by atoms with van der Waals surface area (Å²) in [4.78, 5) is 16.5. The standard InChI is InChI=1S/C18H18N2O2S2/c1-12-8-9-13(15(21)11-12)19-17(22)7-4-10-23-18-20-14-5-2-3-6-16(14)24-18/h2-3,5-6,8-9,11,21H,4,7,10H2,1H3,(H,19,22). The van der Waals surface area contributed by atoms with E-state index in [4.69, 9.17) is 0 Å². The number of rotatable bonds is 6. The van der Waals surface area contributed by atoms with E-state index in [-0.39, 0.29) is 11.7 Å². The lowest BCUT2D eigenvalue weighted by Crippen LogP contribution is -2.11. The summed E-state index contributed by atoms with van der Waals surface area (Å²) in [6, 6.07) is 13.3. The molecule has 1 amide bonds. The molecule has 3 rings (SSSR count). The minimum absolute atomic E-state index is 0.0842. The van der Waals surface area contributed by atoms with Gasteiger partial charge in [-0.25, -0.2) is 4.98 Å². The maximum Gasteiger partial charge on any atom is 0.224 e. The second kappa shape index (κ2) is 7.68. The van der Waals surface area contributed by atoms with Crippen LogP contribution < -0.4 is 5.32 Å². The first-order chi connectivity index (χ1) is 11.6. The predicted molar refractivity (Wildman–Crippen MR) is 101 cm³/mol. The Morgan fingerprint density at radius 3 is 2.92 bits per heavy atom. The molecule has 0 aliphatic heterocycles. The zero-order valence-corrected chi connectivity index (χ0v) is 14.9. The first kappa shape index (κ1) is 16.8. The molecule has 4 nitrogen and oxygen atoms in total. The third-order valence-electron chi connectivity index (χ3n) is 3.48. The topological polar surface area (TPSA) is 62.2 Å². The number of nitrogens with one attached hydrogen (secondary N) is 1. The lowest BCUT2D eigenvalue weighted by molar-refractivity contribution is -0.116. The van der Waals surface area contributed by atoms with Crippen molar-refractivity contribution in [1.29, 1.82) is 0 Å². The number of aryl methyl sites for hydroxylation is 1. The van der Waals surface area contributed by atoms with Crippen LogP contribution in [0.4, 0.5) is 5.69 Å². The molecule has 0 saturated carbocycles. The van der Waals surface area contributed by atoms with Gasteiger partial charge in [-0.3, -0.25) is 4.79 Å². The molecule has 0 spiro atoms. The highest BCUT2D eigenvalue weighted by Gasteiger charge is 2.08. The lowest BCUT2D eigenvalue weighted by Gasteiger charge is -2.07. The van der Waals surface area contributed by atoms with Gasteiger partial charge >= 0.3 is 0 Å². The van der Waals surface area contributed by atoms with Crippen LogP contribution in [-0.4, -0.2) is 21.8 Å². The Labute approximate surface area is 148 Å². The van der Waals surface area contributed by atoms with Gasteiger partial charge in [0.15, 0.2) is 4.34 Å². The van der Waals surface area contributed by atoms with Gasteiger partial charge in [0.1, 0.15) is 5.75 Å². The lowest BCUT2D eigenvalue weighted by atomic mass is 10.2. The number of hydrogen-bond donors (Lipinski definition) is 2. The van der Waals surface area contributed by atoms with Crippen molar-refractivity contribution in [2.45, 2.75) is 24.1 Å². The van der Waals surface area contributed by atoms with Crippen molar-refractivity contribution >= 4 is 44.9 Å². The Morgan fingerprint density at radius 2 is 2.12 bits per heavy atom. The summed E-state index contributed by atoms with van der Waals surface area (Å²) in [5.41, 5.74) is 2.44. The number of para-hydroxylation sites is 1. The Morgan fingerprint density at radius 1 is 1.29 bits per heavy atom. The molecule has 2 aromatic carbocycles. The smallest absolute Gasteiger partial charge is 0.224 e. The highest BCUT2D eigenvalue weighted by Crippen LogP contribution is 2.30. The van der Waals surface area contributed by atoms with Gasteiger partial charge < -0.3 is 10.4 Å². The molecule has 1 heterocycles. The normalized spacial score (nSPS) is 10.9. The molecule has 0 unspecified atom stereocenters. The number of thiazole rings is 1. The highest BCUT2D eigenvalue weighted by molar-refractivity contribution is 8.01. The van der Waals surface area contributed by atoms with Crippen molar-refractivity contribution in [1.82, 2.24) is 4.98 Å². The number of carbonyl (C=O) groups is 1. The van der Waals surface area contributed by atoms with E-state index in [1.54, 1.807) is 35.2 Å². The van der Waals surface area contributed by atoms with Gasteiger partial charge in [0.25, 0.3) is 0 Å². The molecule has 0 radical (unpaired) electrons. The summed E-state index contributed by atoms with van der Waals surface area (Å²) in [5, 5.41) is 12.6. The molecule has 24 heavy (non-hydrogen) atoms. The van der Waals surface area contributed by atoms with Crippen LogP contribution in [0.2, 0.25) is 0 Å². The van der Waals surface area contributed by atoms with E-state index in [1.165, 1.54) is 4.70 Å². The number of carbonyl (C=O) groups excluding carboxylic acids is 1. The van der Waals surface area contributed by atoms with E-state index in [1.807, 2.05) is 31.2 Å². The summed E-state index contributed by atoms with van der Waals surface area (Å²) >= 11 is 3.36. The first-order valence-electron chi connectivity index (χ1n) is 7.69. The molecule has 124 valence electrons. The molecule has 0 saturated heterocycles. The van der Waals surface area contributed by atoms with Crippen LogP contribution in [0.1, 0.15) is 18.4 Å². The largest absolute Gasteiger partial charge is 0.506 e. The molecule has 3 aromatic rings. The summed E-state index contributed by atoms with van der Waals surface area (Å²) in [6.07, 6.45) is 1.18. The number of fused-ring (bicyclic) bond motifs is 1. The third kappa shape index (κ3) is 4.27. The van der Waals surface area contributed by atoms with E-state index in [0.29, 0.717) is 12.1 Å². The molecule has 0 aliphatic carbocycles. The van der Waals surface area contributed by atoms with Crippen molar-refractivity contribution in [3.63, 3.8) is 0 Å². The Hall–Kier alpha value is -2.05. The maximum absolute atomic E-state index is 12.0. The summed E-state index contributed by atoms with van der Waals surface area (Å²) in [7, 11) is 0. The fourth-order valence-corrected chi connectivity index (χ4v) is 4.34. The molecule has 0 atom stereocenters. The molecular weight excluding hydrogens is 340 g/mol. The third-order valence-corrected chi connectivity index (χ3v) is 5.74. The van der Waals surface area contributed by atoms with Crippen molar-refractivity contribution in [2.75, 3.05) is 11.1 Å². The zero-order chi connectivity index (χ0) is 16.9. The van der Waals surface area contributed by atoms with Gasteiger partial charge in [-0.05, 0) is 43.2 Å². The van der Waals surface area contributed by atoms with E-state index in [0.717, 1.165) is 27.6 Å². The minimum atomic E-state index is -0.0842. The minimum Gasteiger partial charge on any atom is -0.506 e. The molecule has 6 heteroatoms. The number of amides is 1. The number of nitrogens with zero attached hydrogens (tertiary/aromatic N) is 1. The van der Waals surface area contributed by atoms with E-state index < -0.39 is 0 Å². The number of benzene rings is 2. The molecule has 2 N–H and O–H groups in total. The molecule has 0 bridgehead atoms. The van der Waals surface area contributed by atoms with E-state index in [9.17, 15) is 9.90 Å². The summed E-state index contributed by atoms with van der Waals surface area (Å²) in [6.45, 7) is 1.89. The van der Waals surface area contributed by atoms with Crippen molar-refractivity contribution in [3.8, 4) is 5.75 Å². The monoisotopic (exact) mass is 358 g/mol. The van der Waals surface area contributed by atoms with Gasteiger partial charge in [-0.2, -0.15) is 0 Å². The Kier molecular flexibility index (Phi) is 5.37. The van der Waals surface area contributed by atoms with Crippen molar-refractivity contribution in [3.05, 3.63) is 48.0 Å². The van der Waals surface area contributed by atoms with Crippen LogP contribution in [0.25, 0.3) is 10.2 Å². The number of thioether (sulfide) groups is 1. The quantitative estimate of drug-likeness (QED) is 0.377. The van der Waals surface area contributed by atoms with Gasteiger partial charge in [0.05, 0.1) is 15.9 Å². The number of phenolic OH excluding ortho intramolecular Hbond substituents is 1. The van der Waals surface area contributed by atoms with Crippen LogP contribution >= 0.6 is 23.1 Å².